The van der Waals surface area contributed by atoms with Crippen LogP contribution < -0.4 is 5.32 Å². The summed E-state index contributed by atoms with van der Waals surface area (Å²) in [4.78, 5) is 13.6. The molecule has 0 aromatic heterocycles. The Morgan fingerprint density at radius 2 is 2.64 bits per heavy atom. The molecule has 2 rings (SSSR count). The third kappa shape index (κ3) is 1.60. The monoisotopic (exact) mass is 194 g/mol. The van der Waals surface area contributed by atoms with E-state index in [1.54, 1.807) is 0 Å². The van der Waals surface area contributed by atoms with Gasteiger partial charge in [0, 0.05) is 6.54 Å². The van der Waals surface area contributed by atoms with Crippen LogP contribution in [0.2, 0.25) is 0 Å². The molecule has 0 aromatic carbocycles. The molecule has 2 aliphatic rings. The van der Waals surface area contributed by atoms with E-state index in [1.807, 2.05) is 19.1 Å². The fraction of sp³-hybridized carbons (Fsp3) is 0.500. The lowest BCUT2D eigenvalue weighted by molar-refractivity contribution is -0.144. The average molecular weight is 194 g/mol. The molecule has 1 fully saturated rings. The zero-order chi connectivity index (χ0) is 9.97. The SMILES string of the molecule is CCOC(=O)C1CN2CC=CC=C2N1. The molecule has 0 saturated carbocycles. The fourth-order valence-corrected chi connectivity index (χ4v) is 1.68. The third-order valence-electron chi connectivity index (χ3n) is 2.35. The normalized spacial score (nSPS) is 23.9. The summed E-state index contributed by atoms with van der Waals surface area (Å²) in [6.07, 6.45) is 6.04. The molecule has 2 heterocycles. The van der Waals surface area contributed by atoms with Crippen molar-refractivity contribution in [2.24, 2.45) is 0 Å². The molecule has 1 saturated heterocycles. The quantitative estimate of drug-likeness (QED) is 0.639. The minimum atomic E-state index is -0.207. The van der Waals surface area contributed by atoms with E-state index in [1.165, 1.54) is 0 Å². The molecule has 1 N–H and O–H groups in total. The molecule has 4 nitrogen and oxygen atoms in total. The van der Waals surface area contributed by atoms with E-state index in [4.69, 9.17) is 4.74 Å². The number of rotatable bonds is 2. The van der Waals surface area contributed by atoms with Crippen LogP contribution in [0.5, 0.6) is 0 Å². The third-order valence-corrected chi connectivity index (χ3v) is 2.35. The molecule has 0 aromatic rings. The van der Waals surface area contributed by atoms with Gasteiger partial charge in [-0.25, -0.2) is 4.79 Å². The van der Waals surface area contributed by atoms with Crippen molar-refractivity contribution >= 4 is 5.97 Å². The van der Waals surface area contributed by atoms with Crippen LogP contribution in [0.25, 0.3) is 0 Å². The molecular weight excluding hydrogens is 180 g/mol. The first-order valence-electron chi connectivity index (χ1n) is 4.86. The van der Waals surface area contributed by atoms with Gasteiger partial charge < -0.3 is 15.0 Å². The molecule has 0 spiro atoms. The fourth-order valence-electron chi connectivity index (χ4n) is 1.68. The molecule has 0 radical (unpaired) electrons. The van der Waals surface area contributed by atoms with Crippen LogP contribution in [0, 0.1) is 0 Å². The molecule has 2 aliphatic heterocycles. The van der Waals surface area contributed by atoms with Crippen LogP contribution in [0.4, 0.5) is 0 Å². The van der Waals surface area contributed by atoms with E-state index in [-0.39, 0.29) is 12.0 Å². The summed E-state index contributed by atoms with van der Waals surface area (Å²) in [5.74, 6) is 0.855. The number of fused-ring (bicyclic) bond motifs is 1. The number of hydrogen-bond acceptors (Lipinski definition) is 4. The Morgan fingerprint density at radius 1 is 1.79 bits per heavy atom. The van der Waals surface area contributed by atoms with Gasteiger partial charge in [0.2, 0.25) is 0 Å². The molecule has 76 valence electrons. The Bertz CT molecular complexity index is 296. The van der Waals surface area contributed by atoms with Crippen LogP contribution in [0.15, 0.2) is 24.0 Å². The lowest BCUT2D eigenvalue weighted by Gasteiger charge is -2.18. The van der Waals surface area contributed by atoms with E-state index in [2.05, 4.69) is 16.3 Å². The summed E-state index contributed by atoms with van der Waals surface area (Å²) in [5.41, 5.74) is 0. The van der Waals surface area contributed by atoms with Crippen molar-refractivity contribution in [3.63, 3.8) is 0 Å². The highest BCUT2D eigenvalue weighted by molar-refractivity contribution is 5.77. The van der Waals surface area contributed by atoms with Gasteiger partial charge in [-0.3, -0.25) is 0 Å². The van der Waals surface area contributed by atoms with Crippen molar-refractivity contribution in [1.29, 1.82) is 0 Å². The van der Waals surface area contributed by atoms with Crippen LogP contribution in [0.3, 0.4) is 0 Å². The van der Waals surface area contributed by atoms with Crippen molar-refractivity contribution in [2.75, 3.05) is 19.7 Å². The number of nitrogens with zero attached hydrogens (tertiary/aromatic N) is 1. The summed E-state index contributed by atoms with van der Waals surface area (Å²) in [6, 6.07) is -0.207. The zero-order valence-electron chi connectivity index (χ0n) is 8.19. The maximum atomic E-state index is 11.4. The Kier molecular flexibility index (Phi) is 2.43. The van der Waals surface area contributed by atoms with Crippen LogP contribution in [-0.4, -0.2) is 36.6 Å². The summed E-state index contributed by atoms with van der Waals surface area (Å²) in [7, 11) is 0. The van der Waals surface area contributed by atoms with Gasteiger partial charge >= 0.3 is 5.97 Å². The molecule has 0 amide bonds. The molecule has 0 aliphatic carbocycles. The minimum absolute atomic E-state index is 0.164. The number of esters is 1. The van der Waals surface area contributed by atoms with E-state index in [9.17, 15) is 4.79 Å². The first-order valence-corrected chi connectivity index (χ1v) is 4.86. The van der Waals surface area contributed by atoms with Crippen LogP contribution >= 0.6 is 0 Å². The van der Waals surface area contributed by atoms with Crippen molar-refractivity contribution in [2.45, 2.75) is 13.0 Å². The lowest BCUT2D eigenvalue weighted by Crippen LogP contribution is -2.34. The van der Waals surface area contributed by atoms with Gasteiger partial charge in [-0.05, 0) is 13.0 Å². The minimum Gasteiger partial charge on any atom is -0.464 e. The van der Waals surface area contributed by atoms with Crippen LogP contribution in [0.1, 0.15) is 6.92 Å². The Balaban J connectivity index is 1.98. The van der Waals surface area contributed by atoms with Gasteiger partial charge in [-0.2, -0.15) is 0 Å². The second kappa shape index (κ2) is 3.74. The second-order valence-electron chi connectivity index (χ2n) is 3.33. The molecule has 1 unspecified atom stereocenters. The summed E-state index contributed by atoms with van der Waals surface area (Å²) in [6.45, 7) is 3.83. The predicted octanol–water partition coefficient (Wildman–Crippen LogP) is 0.234. The largest absolute Gasteiger partial charge is 0.464 e. The standard InChI is InChI=1S/C10H14N2O2/c1-2-14-10(13)8-7-12-6-4-3-5-9(12)11-8/h3-5,8,11H,2,6-7H2,1H3. The zero-order valence-corrected chi connectivity index (χ0v) is 8.19. The topological polar surface area (TPSA) is 41.6 Å². The molecule has 4 heteroatoms. The highest BCUT2D eigenvalue weighted by atomic mass is 16.5. The first-order chi connectivity index (χ1) is 6.81. The second-order valence-corrected chi connectivity index (χ2v) is 3.33. The van der Waals surface area contributed by atoms with Crippen molar-refractivity contribution in [3.05, 3.63) is 24.0 Å². The van der Waals surface area contributed by atoms with Gasteiger partial charge in [-0.15, -0.1) is 0 Å². The van der Waals surface area contributed by atoms with Crippen molar-refractivity contribution in [1.82, 2.24) is 10.2 Å². The highest BCUT2D eigenvalue weighted by Gasteiger charge is 2.31. The molecular formula is C10H14N2O2. The first kappa shape index (κ1) is 9.12. The van der Waals surface area contributed by atoms with E-state index in [0.717, 1.165) is 12.4 Å². The summed E-state index contributed by atoms with van der Waals surface area (Å²) < 4.78 is 4.96. The molecule has 1 atom stereocenters. The van der Waals surface area contributed by atoms with E-state index >= 15 is 0 Å². The average Bonchev–Trinajstić information content (AvgIpc) is 2.61. The van der Waals surface area contributed by atoms with Crippen molar-refractivity contribution < 1.29 is 9.53 Å². The van der Waals surface area contributed by atoms with Gasteiger partial charge in [-0.1, -0.05) is 12.2 Å². The smallest absolute Gasteiger partial charge is 0.330 e. The Morgan fingerprint density at radius 3 is 3.36 bits per heavy atom. The van der Waals surface area contributed by atoms with Crippen LogP contribution in [-0.2, 0) is 9.53 Å². The number of carbonyl (C=O) groups excluding carboxylic acids is 1. The Hall–Kier alpha value is -1.45. The number of allylic oxidation sites excluding steroid dienone is 2. The highest BCUT2D eigenvalue weighted by Crippen LogP contribution is 2.15. The van der Waals surface area contributed by atoms with E-state index in [0.29, 0.717) is 13.2 Å². The maximum Gasteiger partial charge on any atom is 0.330 e. The Labute approximate surface area is 83.2 Å². The van der Waals surface area contributed by atoms with E-state index < -0.39 is 0 Å². The predicted molar refractivity (Wildman–Crippen MR) is 52.4 cm³/mol. The molecule has 14 heavy (non-hydrogen) atoms. The summed E-state index contributed by atoms with van der Waals surface area (Å²) >= 11 is 0. The maximum absolute atomic E-state index is 11.4. The number of ether oxygens (including phenoxy) is 1. The van der Waals surface area contributed by atoms with Gasteiger partial charge in [0.25, 0.3) is 0 Å². The van der Waals surface area contributed by atoms with Gasteiger partial charge in [0.1, 0.15) is 11.9 Å². The van der Waals surface area contributed by atoms with Crippen molar-refractivity contribution in [3.8, 4) is 0 Å². The van der Waals surface area contributed by atoms with Gasteiger partial charge in [0.15, 0.2) is 0 Å². The number of nitrogens with one attached hydrogen (secondary N) is 1. The number of hydrogen-bond donors (Lipinski definition) is 1. The number of carbonyl (C=O) groups is 1. The van der Waals surface area contributed by atoms with Gasteiger partial charge in [0.05, 0.1) is 13.2 Å². The summed E-state index contributed by atoms with van der Waals surface area (Å²) in [5, 5.41) is 3.14. The molecule has 0 bridgehead atoms. The lowest BCUT2D eigenvalue weighted by atomic mass is 10.3.